The van der Waals surface area contributed by atoms with Crippen LogP contribution in [0, 0.1) is 0 Å². The van der Waals surface area contributed by atoms with Gasteiger partial charge in [0.25, 0.3) is 5.56 Å². The van der Waals surface area contributed by atoms with Crippen molar-refractivity contribution in [1.82, 2.24) is 14.7 Å². The van der Waals surface area contributed by atoms with Crippen LogP contribution in [0.5, 0.6) is 0 Å². The number of aromatic nitrogens is 2. The van der Waals surface area contributed by atoms with Gasteiger partial charge in [-0.25, -0.2) is 4.68 Å². The van der Waals surface area contributed by atoms with E-state index >= 15 is 0 Å². The first-order chi connectivity index (χ1) is 10.2. The van der Waals surface area contributed by atoms with Crippen LogP contribution >= 0.6 is 11.6 Å². The van der Waals surface area contributed by atoms with Gasteiger partial charge >= 0.3 is 0 Å². The van der Waals surface area contributed by atoms with Gasteiger partial charge in [0.05, 0.1) is 37.7 Å². The van der Waals surface area contributed by atoms with E-state index < -0.39 is 5.56 Å². The minimum atomic E-state index is -0.407. The summed E-state index contributed by atoms with van der Waals surface area (Å²) in [6.07, 6.45) is 1.56. The molecule has 21 heavy (non-hydrogen) atoms. The first-order valence-corrected chi connectivity index (χ1v) is 7.47. The number of hydrogen-bond donors (Lipinski definition) is 2. The fourth-order valence-electron chi connectivity index (χ4n) is 2.26. The van der Waals surface area contributed by atoms with Gasteiger partial charge in [0, 0.05) is 19.6 Å². The van der Waals surface area contributed by atoms with Crippen LogP contribution < -0.4 is 10.9 Å². The molecule has 2 rings (SSSR count). The van der Waals surface area contributed by atoms with Crippen LogP contribution in [0.3, 0.4) is 0 Å². The number of likely N-dealkylation sites (N-methyl/N-ethyl adjacent to an activating group) is 1. The molecule has 1 aliphatic rings. The Morgan fingerprint density at radius 3 is 3.14 bits per heavy atom. The van der Waals surface area contributed by atoms with E-state index in [9.17, 15) is 4.79 Å². The molecule has 0 aromatic carbocycles. The predicted molar refractivity (Wildman–Crippen MR) is 80.9 cm³/mol. The first kappa shape index (κ1) is 16.2. The summed E-state index contributed by atoms with van der Waals surface area (Å²) in [5.74, 6) is 0. The van der Waals surface area contributed by atoms with Gasteiger partial charge < -0.3 is 15.2 Å². The fourth-order valence-corrected chi connectivity index (χ4v) is 2.47. The van der Waals surface area contributed by atoms with E-state index in [0.717, 1.165) is 24.3 Å². The van der Waals surface area contributed by atoms with Crippen LogP contribution in [0.4, 0.5) is 5.69 Å². The van der Waals surface area contributed by atoms with Crippen molar-refractivity contribution in [2.45, 2.75) is 19.6 Å². The third kappa shape index (κ3) is 4.16. The highest BCUT2D eigenvalue weighted by Gasteiger charge is 2.19. The van der Waals surface area contributed by atoms with E-state index in [0.29, 0.717) is 18.8 Å². The van der Waals surface area contributed by atoms with E-state index in [4.69, 9.17) is 21.4 Å². The quantitative estimate of drug-likeness (QED) is 0.770. The summed E-state index contributed by atoms with van der Waals surface area (Å²) in [4.78, 5) is 14.2. The Hall–Kier alpha value is -1.15. The molecule has 1 aromatic heterocycles. The van der Waals surface area contributed by atoms with Crippen molar-refractivity contribution in [3.8, 4) is 0 Å². The molecule has 1 atom stereocenters. The normalized spacial score (nSPS) is 19.7. The summed E-state index contributed by atoms with van der Waals surface area (Å²) in [5, 5.41) is 16.0. The monoisotopic (exact) mass is 316 g/mol. The van der Waals surface area contributed by atoms with E-state index in [1.807, 2.05) is 0 Å². The maximum Gasteiger partial charge on any atom is 0.287 e. The van der Waals surface area contributed by atoms with Crippen molar-refractivity contribution in [2.75, 3.05) is 44.7 Å². The van der Waals surface area contributed by atoms with Gasteiger partial charge in [-0.2, -0.15) is 5.10 Å². The lowest BCUT2D eigenvalue weighted by molar-refractivity contribution is -0.0191. The second kappa shape index (κ2) is 7.74. The number of aliphatic hydroxyl groups excluding tert-OH is 1. The van der Waals surface area contributed by atoms with Crippen LogP contribution in [0.25, 0.3) is 0 Å². The number of nitrogens with zero attached hydrogens (tertiary/aromatic N) is 3. The molecule has 118 valence electrons. The molecule has 0 saturated carbocycles. The van der Waals surface area contributed by atoms with Gasteiger partial charge in [-0.05, 0) is 6.54 Å². The molecule has 7 nitrogen and oxygen atoms in total. The molecule has 1 unspecified atom stereocenters. The molecule has 1 saturated heterocycles. The van der Waals surface area contributed by atoms with E-state index in [-0.39, 0.29) is 24.3 Å². The smallest absolute Gasteiger partial charge is 0.287 e. The molecule has 0 radical (unpaired) electrons. The lowest BCUT2D eigenvalue weighted by Gasteiger charge is -2.32. The predicted octanol–water partition coefficient (Wildman–Crippen LogP) is 0.0216. The summed E-state index contributed by atoms with van der Waals surface area (Å²) in [5.41, 5.74) is 0.0866. The zero-order valence-corrected chi connectivity index (χ0v) is 12.8. The molecule has 1 aliphatic heterocycles. The molecule has 2 N–H and O–H groups in total. The minimum absolute atomic E-state index is 0.0645. The van der Waals surface area contributed by atoms with Gasteiger partial charge in [-0.3, -0.25) is 9.69 Å². The minimum Gasteiger partial charge on any atom is -0.394 e. The Kier molecular flexibility index (Phi) is 5.98. The van der Waals surface area contributed by atoms with E-state index in [1.54, 1.807) is 0 Å². The van der Waals surface area contributed by atoms with Crippen molar-refractivity contribution >= 4 is 17.3 Å². The lowest BCUT2D eigenvalue weighted by Crippen LogP contribution is -2.45. The Morgan fingerprint density at radius 2 is 2.43 bits per heavy atom. The van der Waals surface area contributed by atoms with Crippen molar-refractivity contribution in [1.29, 1.82) is 0 Å². The summed E-state index contributed by atoms with van der Waals surface area (Å²) in [7, 11) is 0. The first-order valence-electron chi connectivity index (χ1n) is 7.10. The number of halogens is 1. The number of ether oxygens (including phenoxy) is 1. The summed E-state index contributed by atoms with van der Waals surface area (Å²) >= 11 is 6.04. The van der Waals surface area contributed by atoms with Gasteiger partial charge in [0.2, 0.25) is 0 Å². The average molecular weight is 317 g/mol. The fraction of sp³-hybridized carbons (Fsp3) is 0.692. The molecule has 0 aliphatic carbocycles. The second-order valence-corrected chi connectivity index (χ2v) is 5.27. The molecule has 0 spiro atoms. The Bertz CT molecular complexity index is 523. The Morgan fingerprint density at radius 1 is 1.62 bits per heavy atom. The number of morpholine rings is 1. The Labute approximate surface area is 128 Å². The number of aliphatic hydroxyl groups is 1. The van der Waals surface area contributed by atoms with Crippen molar-refractivity contribution in [3.63, 3.8) is 0 Å². The molecule has 1 fully saturated rings. The Balaban J connectivity index is 1.97. The topological polar surface area (TPSA) is 79.6 Å². The largest absolute Gasteiger partial charge is 0.394 e. The van der Waals surface area contributed by atoms with Gasteiger partial charge in [-0.1, -0.05) is 18.5 Å². The molecule has 8 heteroatoms. The highest BCUT2D eigenvalue weighted by molar-refractivity contribution is 6.32. The third-order valence-corrected chi connectivity index (χ3v) is 3.85. The summed E-state index contributed by atoms with van der Waals surface area (Å²) in [6, 6.07) is 0. The summed E-state index contributed by atoms with van der Waals surface area (Å²) < 4.78 is 6.82. The maximum absolute atomic E-state index is 11.9. The zero-order chi connectivity index (χ0) is 15.2. The van der Waals surface area contributed by atoms with Crippen molar-refractivity contribution < 1.29 is 9.84 Å². The molecule has 0 amide bonds. The van der Waals surface area contributed by atoms with Gasteiger partial charge in [0.1, 0.15) is 5.02 Å². The molecular formula is C13H21ClN4O3. The zero-order valence-electron chi connectivity index (χ0n) is 12.1. The van der Waals surface area contributed by atoms with Crippen molar-refractivity contribution in [3.05, 3.63) is 21.6 Å². The highest BCUT2D eigenvalue weighted by Crippen LogP contribution is 2.16. The number of rotatable bonds is 6. The summed E-state index contributed by atoms with van der Waals surface area (Å²) in [6.45, 7) is 6.19. The molecule has 1 aromatic rings. The molecule has 0 bridgehead atoms. The van der Waals surface area contributed by atoms with Crippen molar-refractivity contribution in [2.24, 2.45) is 0 Å². The number of nitrogens with one attached hydrogen (secondary N) is 1. The number of hydrogen-bond acceptors (Lipinski definition) is 6. The SMILES string of the molecule is CCN1CCOC(CNc2cnn(CCO)c(=O)c2Cl)C1. The average Bonchev–Trinajstić information content (AvgIpc) is 2.51. The van der Waals surface area contributed by atoms with Gasteiger partial charge in [-0.15, -0.1) is 0 Å². The van der Waals surface area contributed by atoms with Crippen LogP contribution in [0.15, 0.2) is 11.0 Å². The van der Waals surface area contributed by atoms with E-state index in [2.05, 4.69) is 22.2 Å². The van der Waals surface area contributed by atoms with Crippen LogP contribution in [0.2, 0.25) is 5.02 Å². The van der Waals surface area contributed by atoms with Gasteiger partial charge in [0.15, 0.2) is 0 Å². The van der Waals surface area contributed by atoms with E-state index in [1.165, 1.54) is 6.20 Å². The lowest BCUT2D eigenvalue weighted by atomic mass is 10.2. The number of anilines is 1. The highest BCUT2D eigenvalue weighted by atomic mass is 35.5. The second-order valence-electron chi connectivity index (χ2n) is 4.89. The molecule has 2 heterocycles. The molecular weight excluding hydrogens is 296 g/mol. The van der Waals surface area contributed by atoms with Crippen LogP contribution in [0.1, 0.15) is 6.92 Å². The maximum atomic E-state index is 11.9. The standard InChI is InChI=1S/C13H21ClN4O3/c1-2-17-4-6-21-10(9-17)7-15-11-8-16-18(3-5-19)13(20)12(11)14/h8,10,15,19H,2-7,9H2,1H3. The third-order valence-electron chi connectivity index (χ3n) is 3.49. The van der Waals surface area contributed by atoms with Crippen LogP contribution in [-0.2, 0) is 11.3 Å². The van der Waals surface area contributed by atoms with Crippen LogP contribution in [-0.4, -0.2) is 65.3 Å².